The zero-order chi connectivity index (χ0) is 13.9. The van der Waals surface area contributed by atoms with Gasteiger partial charge in [0.25, 0.3) is 0 Å². The van der Waals surface area contributed by atoms with E-state index < -0.39 is 22.6 Å². The second kappa shape index (κ2) is 5.85. The summed E-state index contributed by atoms with van der Waals surface area (Å²) < 4.78 is 41.5. The summed E-state index contributed by atoms with van der Waals surface area (Å²) in [6.45, 7) is 0.464. The highest BCUT2D eigenvalue weighted by molar-refractivity contribution is 7.90. The maximum Gasteiger partial charge on any atom is 0.301 e. The van der Waals surface area contributed by atoms with Crippen LogP contribution in [0.15, 0.2) is 18.2 Å². The van der Waals surface area contributed by atoms with Gasteiger partial charge in [0, 0.05) is 18.7 Å². The van der Waals surface area contributed by atoms with Crippen LogP contribution in [0.2, 0.25) is 0 Å². The average molecular weight is 288 g/mol. The van der Waals surface area contributed by atoms with Crippen LogP contribution in [-0.2, 0) is 16.8 Å². The quantitative estimate of drug-likeness (QED) is 0.881. The fraction of sp³-hybridized carbons (Fsp3) is 0.500. The Morgan fingerprint density at radius 2 is 1.95 bits per heavy atom. The molecule has 1 fully saturated rings. The van der Waals surface area contributed by atoms with E-state index in [2.05, 4.69) is 4.72 Å². The van der Waals surface area contributed by atoms with Crippen LogP contribution in [0.5, 0.6) is 0 Å². The largest absolute Gasteiger partial charge is 0.392 e. The predicted molar refractivity (Wildman–Crippen MR) is 70.3 cm³/mol. The Morgan fingerprint density at radius 1 is 1.26 bits per heavy atom. The van der Waals surface area contributed by atoms with Crippen molar-refractivity contribution >= 4 is 15.9 Å². The average Bonchev–Trinajstić information content (AvgIpc) is 2.42. The van der Waals surface area contributed by atoms with Gasteiger partial charge in [-0.15, -0.1) is 0 Å². The van der Waals surface area contributed by atoms with E-state index in [0.717, 1.165) is 25.3 Å². The Bertz CT molecular complexity index is 542. The fourth-order valence-corrected chi connectivity index (χ4v) is 3.47. The minimum absolute atomic E-state index is 0.171. The number of benzene rings is 1. The molecule has 1 saturated heterocycles. The lowest BCUT2D eigenvalue weighted by Crippen LogP contribution is -2.39. The highest BCUT2D eigenvalue weighted by Crippen LogP contribution is 2.23. The van der Waals surface area contributed by atoms with E-state index in [1.807, 2.05) is 0 Å². The van der Waals surface area contributed by atoms with Crippen LogP contribution >= 0.6 is 0 Å². The summed E-state index contributed by atoms with van der Waals surface area (Å²) in [7, 11) is -3.76. The van der Waals surface area contributed by atoms with Crippen molar-refractivity contribution in [3.8, 4) is 0 Å². The SMILES string of the molecule is O=S(=O)(Nc1c(F)cccc1CO)N1CCCCC1. The second-order valence-corrected chi connectivity index (χ2v) is 6.17. The molecule has 1 aliphatic rings. The number of hydrogen-bond acceptors (Lipinski definition) is 3. The second-order valence-electron chi connectivity index (χ2n) is 4.50. The van der Waals surface area contributed by atoms with Crippen LogP contribution in [0.25, 0.3) is 0 Å². The van der Waals surface area contributed by atoms with E-state index in [1.54, 1.807) is 0 Å². The number of anilines is 1. The lowest BCUT2D eigenvalue weighted by molar-refractivity contribution is 0.282. The molecule has 106 valence electrons. The molecule has 0 aromatic heterocycles. The zero-order valence-corrected chi connectivity index (χ0v) is 11.3. The van der Waals surface area contributed by atoms with Crippen LogP contribution in [0.3, 0.4) is 0 Å². The van der Waals surface area contributed by atoms with Crippen molar-refractivity contribution in [2.75, 3.05) is 17.8 Å². The van der Waals surface area contributed by atoms with E-state index in [9.17, 15) is 12.8 Å². The molecule has 1 heterocycles. The maximum atomic E-state index is 13.7. The summed E-state index contributed by atoms with van der Waals surface area (Å²) >= 11 is 0. The van der Waals surface area contributed by atoms with Crippen molar-refractivity contribution in [1.29, 1.82) is 0 Å². The molecule has 1 aliphatic heterocycles. The summed E-state index contributed by atoms with van der Waals surface area (Å²) in [4.78, 5) is 0. The highest BCUT2D eigenvalue weighted by Gasteiger charge is 2.25. The molecular weight excluding hydrogens is 271 g/mol. The Labute approximate surface area is 112 Å². The molecule has 19 heavy (non-hydrogen) atoms. The van der Waals surface area contributed by atoms with Gasteiger partial charge in [-0.1, -0.05) is 18.6 Å². The van der Waals surface area contributed by atoms with Crippen LogP contribution in [0.4, 0.5) is 10.1 Å². The summed E-state index contributed by atoms with van der Waals surface area (Å²) in [5.74, 6) is -0.688. The minimum Gasteiger partial charge on any atom is -0.392 e. The number of hydrogen-bond donors (Lipinski definition) is 2. The number of nitrogens with zero attached hydrogens (tertiary/aromatic N) is 1. The van der Waals surface area contributed by atoms with Crippen LogP contribution < -0.4 is 4.72 Å². The van der Waals surface area contributed by atoms with Crippen molar-refractivity contribution in [3.05, 3.63) is 29.6 Å². The standard InChI is InChI=1S/C12H17FN2O3S/c13-11-6-4-5-10(9-16)12(11)14-19(17,18)15-7-2-1-3-8-15/h4-6,14,16H,1-3,7-9H2. The van der Waals surface area contributed by atoms with E-state index in [-0.39, 0.29) is 11.3 Å². The predicted octanol–water partition coefficient (Wildman–Crippen LogP) is 1.46. The van der Waals surface area contributed by atoms with Crippen LogP contribution in [0, 0.1) is 5.82 Å². The molecule has 0 aliphatic carbocycles. The van der Waals surface area contributed by atoms with Gasteiger partial charge in [-0.2, -0.15) is 12.7 Å². The van der Waals surface area contributed by atoms with Crippen molar-refractivity contribution < 1.29 is 17.9 Å². The van der Waals surface area contributed by atoms with Gasteiger partial charge in [-0.05, 0) is 18.9 Å². The lowest BCUT2D eigenvalue weighted by atomic mass is 10.2. The first-order chi connectivity index (χ1) is 9.04. The van der Waals surface area contributed by atoms with Gasteiger partial charge >= 0.3 is 10.2 Å². The first-order valence-corrected chi connectivity index (χ1v) is 7.65. The summed E-state index contributed by atoms with van der Waals surface area (Å²) in [6, 6.07) is 4.07. The number of rotatable bonds is 4. The number of aliphatic hydroxyl groups excluding tert-OH is 1. The van der Waals surface area contributed by atoms with Crippen LogP contribution in [0.1, 0.15) is 24.8 Å². The summed E-state index contributed by atoms with van der Waals surface area (Å²) in [5.41, 5.74) is 0.0520. The monoisotopic (exact) mass is 288 g/mol. The molecule has 0 radical (unpaired) electrons. The van der Waals surface area contributed by atoms with Gasteiger partial charge in [0.1, 0.15) is 5.82 Å². The summed E-state index contributed by atoms with van der Waals surface area (Å²) in [5, 5.41) is 9.13. The molecule has 0 amide bonds. The van der Waals surface area contributed by atoms with Gasteiger partial charge in [-0.3, -0.25) is 4.72 Å². The first kappa shape index (κ1) is 14.2. The molecule has 2 N–H and O–H groups in total. The third-order valence-electron chi connectivity index (χ3n) is 3.16. The van der Waals surface area contributed by atoms with Crippen molar-refractivity contribution in [3.63, 3.8) is 0 Å². The lowest BCUT2D eigenvalue weighted by Gasteiger charge is -2.26. The number of aliphatic hydroxyl groups is 1. The molecule has 2 rings (SSSR count). The highest BCUT2D eigenvalue weighted by atomic mass is 32.2. The molecule has 1 aromatic carbocycles. The van der Waals surface area contributed by atoms with Gasteiger partial charge < -0.3 is 5.11 Å². The molecule has 0 unspecified atom stereocenters. The molecular formula is C12H17FN2O3S. The molecule has 0 spiro atoms. The Morgan fingerprint density at radius 3 is 2.58 bits per heavy atom. The smallest absolute Gasteiger partial charge is 0.301 e. The van der Waals surface area contributed by atoms with E-state index >= 15 is 0 Å². The van der Waals surface area contributed by atoms with Crippen molar-refractivity contribution in [2.24, 2.45) is 0 Å². The fourth-order valence-electron chi connectivity index (χ4n) is 2.11. The Balaban J connectivity index is 2.24. The molecule has 0 atom stereocenters. The molecule has 0 bridgehead atoms. The zero-order valence-electron chi connectivity index (χ0n) is 10.5. The third kappa shape index (κ3) is 3.23. The van der Waals surface area contributed by atoms with Gasteiger partial charge in [0.15, 0.2) is 0 Å². The van der Waals surface area contributed by atoms with Crippen molar-refractivity contribution in [2.45, 2.75) is 25.9 Å². The number of para-hydroxylation sites is 1. The maximum absolute atomic E-state index is 13.7. The molecule has 5 nitrogen and oxygen atoms in total. The van der Waals surface area contributed by atoms with Gasteiger partial charge in [0.2, 0.25) is 0 Å². The number of halogens is 1. The molecule has 7 heteroatoms. The molecule has 1 aromatic rings. The Hall–Kier alpha value is -1.18. The van der Waals surface area contributed by atoms with E-state index in [1.165, 1.54) is 16.4 Å². The number of piperidine rings is 1. The van der Waals surface area contributed by atoms with E-state index in [4.69, 9.17) is 5.11 Å². The minimum atomic E-state index is -3.76. The van der Waals surface area contributed by atoms with Crippen molar-refractivity contribution in [1.82, 2.24) is 4.31 Å². The van der Waals surface area contributed by atoms with E-state index in [0.29, 0.717) is 13.1 Å². The topological polar surface area (TPSA) is 69.6 Å². The first-order valence-electron chi connectivity index (χ1n) is 6.21. The normalized spacial score (nSPS) is 17.4. The van der Waals surface area contributed by atoms with Gasteiger partial charge in [0.05, 0.1) is 12.3 Å². The van der Waals surface area contributed by atoms with Gasteiger partial charge in [-0.25, -0.2) is 4.39 Å². The number of nitrogens with one attached hydrogen (secondary N) is 1. The summed E-state index contributed by atoms with van der Waals surface area (Å²) in [6.07, 6.45) is 2.63. The van der Waals surface area contributed by atoms with Crippen LogP contribution in [-0.4, -0.2) is 30.9 Å². The molecule has 0 saturated carbocycles. The Kier molecular flexibility index (Phi) is 4.38. The third-order valence-corrected chi connectivity index (χ3v) is 4.66.